The van der Waals surface area contributed by atoms with Crippen LogP contribution in [0.4, 0.5) is 0 Å². The van der Waals surface area contributed by atoms with Crippen LogP contribution in [0.3, 0.4) is 0 Å². The van der Waals surface area contributed by atoms with E-state index in [9.17, 15) is 4.79 Å². The monoisotopic (exact) mass is 275 g/mol. The van der Waals surface area contributed by atoms with Crippen molar-refractivity contribution in [2.45, 2.75) is 57.2 Å². The molecule has 0 heterocycles. The summed E-state index contributed by atoms with van der Waals surface area (Å²) in [7, 11) is 0. The molecule has 1 fully saturated rings. The van der Waals surface area contributed by atoms with E-state index in [-0.39, 0.29) is 11.3 Å². The van der Waals surface area contributed by atoms with Gasteiger partial charge in [0, 0.05) is 16.8 Å². The molecule has 0 spiro atoms. The van der Waals surface area contributed by atoms with Crippen molar-refractivity contribution in [3.63, 3.8) is 0 Å². The van der Waals surface area contributed by atoms with E-state index in [0.717, 1.165) is 25.8 Å². The van der Waals surface area contributed by atoms with Crippen molar-refractivity contribution in [2.24, 2.45) is 5.41 Å². The van der Waals surface area contributed by atoms with Crippen molar-refractivity contribution in [1.82, 2.24) is 5.32 Å². The normalized spacial score (nSPS) is 22.1. The number of amides is 1. The molecule has 0 aromatic heterocycles. The molecule has 3 heteroatoms. The Balaban J connectivity index is 2.37. The SMILES string of the molecule is CCC(Br)CNC(=O)C1(C)CCCCC1. The Bertz CT molecular complexity index is 212. The molecular weight excluding hydrogens is 254 g/mol. The van der Waals surface area contributed by atoms with Crippen LogP contribution < -0.4 is 5.32 Å². The zero-order valence-corrected chi connectivity index (χ0v) is 11.4. The predicted molar refractivity (Wildman–Crippen MR) is 67.2 cm³/mol. The molecule has 0 aromatic carbocycles. The molecule has 1 atom stereocenters. The average Bonchev–Trinajstić information content (AvgIpc) is 2.26. The van der Waals surface area contributed by atoms with Gasteiger partial charge in [-0.1, -0.05) is 49.0 Å². The van der Waals surface area contributed by atoms with Crippen LogP contribution in [0.5, 0.6) is 0 Å². The summed E-state index contributed by atoms with van der Waals surface area (Å²) in [5.74, 6) is 0.250. The van der Waals surface area contributed by atoms with Crippen LogP contribution in [-0.2, 0) is 4.79 Å². The molecule has 0 aliphatic heterocycles. The number of carbonyl (C=O) groups excluding carboxylic acids is 1. The van der Waals surface area contributed by atoms with E-state index in [2.05, 4.69) is 35.1 Å². The standard InChI is InChI=1S/C12H22BrNO/c1-3-10(13)9-14-11(15)12(2)7-5-4-6-8-12/h10H,3-9H2,1-2H3,(H,14,15). The molecule has 1 unspecified atom stereocenters. The fourth-order valence-electron chi connectivity index (χ4n) is 2.12. The largest absolute Gasteiger partial charge is 0.355 e. The van der Waals surface area contributed by atoms with Gasteiger partial charge in [0.05, 0.1) is 0 Å². The van der Waals surface area contributed by atoms with E-state index >= 15 is 0 Å². The van der Waals surface area contributed by atoms with E-state index in [1.54, 1.807) is 0 Å². The summed E-state index contributed by atoms with van der Waals surface area (Å²) in [4.78, 5) is 12.4. The molecule has 0 bridgehead atoms. The Hall–Kier alpha value is -0.0500. The first-order chi connectivity index (χ1) is 7.08. The molecule has 1 aliphatic carbocycles. The van der Waals surface area contributed by atoms with Crippen molar-refractivity contribution in [3.05, 3.63) is 0 Å². The number of nitrogens with one attached hydrogen (secondary N) is 1. The van der Waals surface area contributed by atoms with Crippen molar-refractivity contribution in [3.8, 4) is 0 Å². The van der Waals surface area contributed by atoms with Crippen molar-refractivity contribution in [2.75, 3.05) is 6.54 Å². The van der Waals surface area contributed by atoms with Crippen molar-refractivity contribution >= 4 is 21.8 Å². The fourth-order valence-corrected chi connectivity index (χ4v) is 2.28. The summed E-state index contributed by atoms with van der Waals surface area (Å²) in [5, 5.41) is 3.06. The van der Waals surface area contributed by atoms with Gasteiger partial charge >= 0.3 is 0 Å². The quantitative estimate of drug-likeness (QED) is 0.785. The first kappa shape index (κ1) is 13.0. The van der Waals surface area contributed by atoms with Gasteiger partial charge in [-0.15, -0.1) is 0 Å². The van der Waals surface area contributed by atoms with Crippen LogP contribution in [0.1, 0.15) is 52.4 Å². The van der Waals surface area contributed by atoms with Gasteiger partial charge in [-0.25, -0.2) is 0 Å². The third kappa shape index (κ3) is 3.78. The lowest BCUT2D eigenvalue weighted by Gasteiger charge is -2.32. The summed E-state index contributed by atoms with van der Waals surface area (Å²) in [5.41, 5.74) is -0.0985. The van der Waals surface area contributed by atoms with Gasteiger partial charge in [0.25, 0.3) is 0 Å². The first-order valence-corrected chi connectivity index (χ1v) is 6.92. The van der Waals surface area contributed by atoms with E-state index in [0.29, 0.717) is 4.83 Å². The van der Waals surface area contributed by atoms with E-state index in [4.69, 9.17) is 0 Å². The van der Waals surface area contributed by atoms with Crippen molar-refractivity contribution < 1.29 is 4.79 Å². The predicted octanol–water partition coefficient (Wildman–Crippen LogP) is 3.25. The molecular formula is C12H22BrNO. The van der Waals surface area contributed by atoms with Crippen LogP contribution in [-0.4, -0.2) is 17.3 Å². The minimum Gasteiger partial charge on any atom is -0.355 e. The minimum absolute atomic E-state index is 0.0985. The topological polar surface area (TPSA) is 29.1 Å². The molecule has 0 radical (unpaired) electrons. The Morgan fingerprint density at radius 3 is 2.53 bits per heavy atom. The zero-order chi connectivity index (χ0) is 11.3. The van der Waals surface area contributed by atoms with E-state index < -0.39 is 0 Å². The Kier molecular flexibility index (Phi) is 5.10. The smallest absolute Gasteiger partial charge is 0.225 e. The Morgan fingerprint density at radius 1 is 1.40 bits per heavy atom. The second-order valence-electron chi connectivity index (χ2n) is 4.84. The van der Waals surface area contributed by atoms with E-state index in [1.807, 2.05) is 0 Å². The molecule has 0 saturated heterocycles. The molecule has 1 aliphatic rings. The highest BCUT2D eigenvalue weighted by atomic mass is 79.9. The number of rotatable bonds is 4. The number of hydrogen-bond donors (Lipinski definition) is 1. The molecule has 1 N–H and O–H groups in total. The van der Waals surface area contributed by atoms with Crippen molar-refractivity contribution in [1.29, 1.82) is 0 Å². The van der Waals surface area contributed by atoms with Crippen LogP contribution in [0.25, 0.3) is 0 Å². The van der Waals surface area contributed by atoms with Gasteiger partial charge in [-0.05, 0) is 19.3 Å². The summed E-state index contributed by atoms with van der Waals surface area (Å²) in [6.45, 7) is 4.98. The number of halogens is 1. The van der Waals surface area contributed by atoms with Gasteiger partial charge in [-0.3, -0.25) is 4.79 Å². The number of alkyl halides is 1. The first-order valence-electron chi connectivity index (χ1n) is 6.01. The highest BCUT2D eigenvalue weighted by molar-refractivity contribution is 9.09. The second kappa shape index (κ2) is 5.88. The highest BCUT2D eigenvalue weighted by Crippen LogP contribution is 2.35. The Morgan fingerprint density at radius 2 is 2.00 bits per heavy atom. The third-order valence-corrected chi connectivity index (χ3v) is 4.40. The maximum Gasteiger partial charge on any atom is 0.225 e. The van der Waals surface area contributed by atoms with Gasteiger partial charge in [-0.2, -0.15) is 0 Å². The highest BCUT2D eigenvalue weighted by Gasteiger charge is 2.34. The Labute approximate surface area is 101 Å². The lowest BCUT2D eigenvalue weighted by Crippen LogP contribution is -2.42. The third-order valence-electron chi connectivity index (χ3n) is 3.43. The molecule has 1 amide bonds. The summed E-state index contributed by atoms with van der Waals surface area (Å²) >= 11 is 3.53. The minimum atomic E-state index is -0.0985. The molecule has 1 saturated carbocycles. The lowest BCUT2D eigenvalue weighted by atomic mass is 9.75. The van der Waals surface area contributed by atoms with Crippen LogP contribution >= 0.6 is 15.9 Å². The van der Waals surface area contributed by atoms with Gasteiger partial charge in [0.2, 0.25) is 5.91 Å². The number of carbonyl (C=O) groups is 1. The maximum absolute atomic E-state index is 12.0. The molecule has 0 aromatic rings. The fraction of sp³-hybridized carbons (Fsp3) is 0.917. The second-order valence-corrected chi connectivity index (χ2v) is 6.13. The summed E-state index contributed by atoms with van der Waals surface area (Å²) in [6, 6.07) is 0. The van der Waals surface area contributed by atoms with Crippen LogP contribution in [0.15, 0.2) is 0 Å². The molecule has 2 nitrogen and oxygen atoms in total. The van der Waals surface area contributed by atoms with Gasteiger partial charge < -0.3 is 5.32 Å². The van der Waals surface area contributed by atoms with E-state index in [1.165, 1.54) is 19.3 Å². The average molecular weight is 276 g/mol. The molecule has 88 valence electrons. The van der Waals surface area contributed by atoms with Gasteiger partial charge in [0.15, 0.2) is 0 Å². The van der Waals surface area contributed by atoms with Crippen LogP contribution in [0, 0.1) is 5.41 Å². The molecule has 1 rings (SSSR count). The van der Waals surface area contributed by atoms with Crippen LogP contribution in [0.2, 0.25) is 0 Å². The summed E-state index contributed by atoms with van der Waals surface area (Å²) < 4.78 is 0. The molecule has 15 heavy (non-hydrogen) atoms. The number of hydrogen-bond acceptors (Lipinski definition) is 1. The summed E-state index contributed by atoms with van der Waals surface area (Å²) in [6.07, 6.45) is 6.86. The maximum atomic E-state index is 12.0. The van der Waals surface area contributed by atoms with Gasteiger partial charge in [0.1, 0.15) is 0 Å². The zero-order valence-electron chi connectivity index (χ0n) is 9.81. The lowest BCUT2D eigenvalue weighted by molar-refractivity contribution is -0.131.